The van der Waals surface area contributed by atoms with Gasteiger partial charge in [0.15, 0.2) is 6.61 Å². The summed E-state index contributed by atoms with van der Waals surface area (Å²) in [6.07, 6.45) is 1.74. The zero-order valence-corrected chi connectivity index (χ0v) is 19.5. The summed E-state index contributed by atoms with van der Waals surface area (Å²) in [5, 5.41) is 5.70. The summed E-state index contributed by atoms with van der Waals surface area (Å²) in [4.78, 5) is 36.5. The highest BCUT2D eigenvalue weighted by Gasteiger charge is 2.33. The van der Waals surface area contributed by atoms with Gasteiger partial charge in [-0.15, -0.1) is 11.3 Å². The van der Waals surface area contributed by atoms with Gasteiger partial charge < -0.3 is 10.1 Å². The van der Waals surface area contributed by atoms with Crippen LogP contribution in [0.25, 0.3) is 22.0 Å². The summed E-state index contributed by atoms with van der Waals surface area (Å²) in [7, 11) is 0. The van der Waals surface area contributed by atoms with E-state index in [-0.39, 0.29) is 18.4 Å². The second-order valence-corrected chi connectivity index (χ2v) is 8.83. The lowest BCUT2D eigenvalue weighted by Crippen LogP contribution is -2.49. The molecular formula is C26H22N4O3S. The Morgan fingerprint density at radius 1 is 1.12 bits per heavy atom. The van der Waals surface area contributed by atoms with Crippen LogP contribution < -0.4 is 15.0 Å². The van der Waals surface area contributed by atoms with Crippen molar-refractivity contribution in [2.45, 2.75) is 19.9 Å². The van der Waals surface area contributed by atoms with Gasteiger partial charge in [0, 0.05) is 22.8 Å². The highest BCUT2D eigenvalue weighted by Crippen LogP contribution is 2.38. The molecular weight excluding hydrogens is 448 g/mol. The Balaban J connectivity index is 1.45. The van der Waals surface area contributed by atoms with Crippen LogP contribution >= 0.6 is 11.3 Å². The lowest BCUT2D eigenvalue weighted by molar-refractivity contribution is -0.125. The third-order valence-corrected chi connectivity index (χ3v) is 6.56. The molecule has 0 radical (unpaired) electrons. The van der Waals surface area contributed by atoms with Crippen molar-refractivity contribution >= 4 is 34.5 Å². The number of fused-ring (bicyclic) bond motifs is 1. The van der Waals surface area contributed by atoms with Crippen LogP contribution in [0, 0.1) is 6.92 Å². The molecule has 170 valence electrons. The number of hydrogen-bond donors (Lipinski definition) is 1. The maximum Gasteiger partial charge on any atom is 0.265 e. The van der Waals surface area contributed by atoms with E-state index >= 15 is 0 Å². The van der Waals surface area contributed by atoms with Gasteiger partial charge in [-0.3, -0.25) is 19.5 Å². The van der Waals surface area contributed by atoms with E-state index in [0.717, 1.165) is 33.2 Å². The molecule has 0 saturated carbocycles. The number of nitrogens with zero attached hydrogens (tertiary/aromatic N) is 3. The lowest BCUT2D eigenvalue weighted by Gasteiger charge is -2.33. The lowest BCUT2D eigenvalue weighted by atomic mass is 10.1. The fraction of sp³-hybridized carbons (Fsp3) is 0.154. The number of nitrogens with one attached hydrogen (secondary N) is 1. The van der Waals surface area contributed by atoms with Crippen molar-refractivity contribution in [1.29, 1.82) is 0 Å². The molecule has 5 rings (SSSR count). The molecule has 1 unspecified atom stereocenters. The molecule has 0 aliphatic carbocycles. The van der Waals surface area contributed by atoms with E-state index in [1.54, 1.807) is 13.1 Å². The number of rotatable bonds is 5. The van der Waals surface area contributed by atoms with Gasteiger partial charge in [-0.05, 0) is 55.8 Å². The highest BCUT2D eigenvalue weighted by molar-refractivity contribution is 7.13. The van der Waals surface area contributed by atoms with E-state index in [0.29, 0.717) is 11.4 Å². The molecule has 1 N–H and O–H groups in total. The predicted octanol–water partition coefficient (Wildman–Crippen LogP) is 4.93. The van der Waals surface area contributed by atoms with Gasteiger partial charge in [-0.25, -0.2) is 4.98 Å². The Hall–Kier alpha value is -4.04. The van der Waals surface area contributed by atoms with E-state index in [1.807, 2.05) is 73.0 Å². The third-order valence-electron chi connectivity index (χ3n) is 5.69. The summed E-state index contributed by atoms with van der Waals surface area (Å²) < 4.78 is 5.65. The molecule has 1 atom stereocenters. The number of anilines is 2. The molecule has 34 heavy (non-hydrogen) atoms. The fourth-order valence-electron chi connectivity index (χ4n) is 3.84. The minimum Gasteiger partial charge on any atom is -0.482 e. The second kappa shape index (κ2) is 9.07. The van der Waals surface area contributed by atoms with Gasteiger partial charge in [0.25, 0.3) is 5.91 Å². The molecule has 0 saturated heterocycles. The highest BCUT2D eigenvalue weighted by atomic mass is 32.1. The first-order valence-electron chi connectivity index (χ1n) is 10.8. The van der Waals surface area contributed by atoms with Gasteiger partial charge in [0.2, 0.25) is 5.91 Å². The average molecular weight is 471 g/mol. The van der Waals surface area contributed by atoms with Gasteiger partial charge in [0.05, 0.1) is 17.1 Å². The number of benzene rings is 2. The molecule has 1 aliphatic rings. The predicted molar refractivity (Wildman–Crippen MR) is 133 cm³/mol. The first-order valence-corrected chi connectivity index (χ1v) is 11.7. The van der Waals surface area contributed by atoms with Crippen molar-refractivity contribution in [1.82, 2.24) is 9.97 Å². The number of para-hydroxylation sites is 1. The van der Waals surface area contributed by atoms with Gasteiger partial charge in [0.1, 0.15) is 16.8 Å². The first kappa shape index (κ1) is 21.8. The summed E-state index contributed by atoms with van der Waals surface area (Å²) in [6.45, 7) is 3.53. The smallest absolute Gasteiger partial charge is 0.265 e. The van der Waals surface area contributed by atoms with Gasteiger partial charge in [-0.1, -0.05) is 24.3 Å². The van der Waals surface area contributed by atoms with E-state index < -0.39 is 6.04 Å². The molecule has 0 spiro atoms. The molecule has 1 aliphatic heterocycles. The zero-order valence-electron chi connectivity index (χ0n) is 18.7. The molecule has 2 aromatic heterocycles. The van der Waals surface area contributed by atoms with Crippen molar-refractivity contribution in [3.63, 3.8) is 0 Å². The van der Waals surface area contributed by atoms with Crippen molar-refractivity contribution in [2.75, 3.05) is 16.8 Å². The number of carbonyl (C=O) groups is 2. The molecule has 8 heteroatoms. The van der Waals surface area contributed by atoms with Gasteiger partial charge >= 0.3 is 0 Å². The molecule has 4 aromatic rings. The Morgan fingerprint density at radius 3 is 2.74 bits per heavy atom. The third kappa shape index (κ3) is 4.15. The van der Waals surface area contributed by atoms with Crippen LogP contribution in [-0.2, 0) is 9.59 Å². The van der Waals surface area contributed by atoms with Crippen LogP contribution in [0.3, 0.4) is 0 Å². The SMILES string of the molecule is Cc1ccccc1NC(=O)C(C)N1C(=O)COc2ccc(-c3csc(-c4ccccn4)n3)cc21. The van der Waals surface area contributed by atoms with Crippen LogP contribution in [0.5, 0.6) is 5.75 Å². The van der Waals surface area contributed by atoms with Crippen LogP contribution in [0.2, 0.25) is 0 Å². The number of pyridine rings is 1. The largest absolute Gasteiger partial charge is 0.482 e. The maximum absolute atomic E-state index is 13.1. The van der Waals surface area contributed by atoms with Crippen LogP contribution in [0.4, 0.5) is 11.4 Å². The number of hydrogen-bond acceptors (Lipinski definition) is 6. The van der Waals surface area contributed by atoms with E-state index in [1.165, 1.54) is 16.2 Å². The Morgan fingerprint density at radius 2 is 1.94 bits per heavy atom. The number of carbonyl (C=O) groups excluding carboxylic acids is 2. The number of aromatic nitrogens is 2. The molecule has 0 fully saturated rings. The maximum atomic E-state index is 13.1. The zero-order chi connectivity index (χ0) is 23.7. The number of amides is 2. The summed E-state index contributed by atoms with van der Waals surface area (Å²) in [5.41, 5.74) is 4.62. The van der Waals surface area contributed by atoms with Crippen LogP contribution in [0.15, 0.2) is 72.2 Å². The molecule has 0 bridgehead atoms. The van der Waals surface area contributed by atoms with Crippen molar-refractivity contribution in [3.05, 3.63) is 77.8 Å². The molecule has 7 nitrogen and oxygen atoms in total. The minimum absolute atomic E-state index is 0.116. The Bertz CT molecular complexity index is 1370. The topological polar surface area (TPSA) is 84.4 Å². The van der Waals surface area contributed by atoms with E-state index in [4.69, 9.17) is 9.72 Å². The first-order chi connectivity index (χ1) is 16.5. The Labute approximate surface area is 201 Å². The summed E-state index contributed by atoms with van der Waals surface area (Å²) >= 11 is 1.50. The van der Waals surface area contributed by atoms with Crippen molar-refractivity contribution in [2.24, 2.45) is 0 Å². The van der Waals surface area contributed by atoms with E-state index in [2.05, 4.69) is 10.3 Å². The minimum atomic E-state index is -0.732. The number of aryl methyl sites for hydroxylation is 1. The van der Waals surface area contributed by atoms with Crippen LogP contribution in [-0.4, -0.2) is 34.4 Å². The summed E-state index contributed by atoms with van der Waals surface area (Å²) in [5.74, 6) is 0.00982. The monoisotopic (exact) mass is 470 g/mol. The Kier molecular flexibility index (Phi) is 5.81. The van der Waals surface area contributed by atoms with Crippen LogP contribution in [0.1, 0.15) is 12.5 Å². The quantitative estimate of drug-likeness (QED) is 0.447. The van der Waals surface area contributed by atoms with Crippen molar-refractivity contribution < 1.29 is 14.3 Å². The molecule has 2 amide bonds. The average Bonchev–Trinajstić information content (AvgIpc) is 3.36. The fourth-order valence-corrected chi connectivity index (χ4v) is 4.64. The normalized spacial score (nSPS) is 13.7. The standard InChI is InChI=1S/C26H22N4O3S/c1-16-7-3-4-8-19(16)28-25(32)17(2)30-22-13-18(10-11-23(22)33-14-24(30)31)21-15-34-26(29-21)20-9-5-6-12-27-20/h3-13,15,17H,14H2,1-2H3,(H,28,32). The summed E-state index contributed by atoms with van der Waals surface area (Å²) in [6, 6.07) is 18.1. The van der Waals surface area contributed by atoms with E-state index in [9.17, 15) is 9.59 Å². The molecule has 3 heterocycles. The second-order valence-electron chi connectivity index (χ2n) is 7.97. The van der Waals surface area contributed by atoms with Crippen molar-refractivity contribution in [3.8, 4) is 27.7 Å². The van der Waals surface area contributed by atoms with Gasteiger partial charge in [-0.2, -0.15) is 0 Å². The number of ether oxygens (including phenoxy) is 1. The molecule has 2 aromatic carbocycles. The number of thiazole rings is 1.